The average molecular weight is 330 g/mol. The van der Waals surface area contributed by atoms with Crippen molar-refractivity contribution in [1.82, 2.24) is 9.78 Å². The van der Waals surface area contributed by atoms with Gasteiger partial charge in [-0.3, -0.25) is 9.89 Å². The van der Waals surface area contributed by atoms with Crippen molar-refractivity contribution in [1.29, 1.82) is 0 Å². The van der Waals surface area contributed by atoms with E-state index in [1.807, 2.05) is 32.9 Å². The average Bonchev–Trinajstić information content (AvgIpc) is 2.55. The molecule has 1 N–H and O–H groups in total. The molecule has 0 radical (unpaired) electrons. The quantitative estimate of drug-likeness (QED) is 0.847. The van der Waals surface area contributed by atoms with Crippen LogP contribution in [0, 0.1) is 0 Å². The van der Waals surface area contributed by atoms with Gasteiger partial charge in [-0.25, -0.2) is 4.68 Å². The van der Waals surface area contributed by atoms with Crippen molar-refractivity contribution in [2.45, 2.75) is 26.2 Å². The van der Waals surface area contributed by atoms with Crippen LogP contribution in [0.2, 0.25) is 5.02 Å². The summed E-state index contributed by atoms with van der Waals surface area (Å²) in [4.78, 5) is 12.2. The Balaban J connectivity index is 2.64. The zero-order chi connectivity index (χ0) is 13.5. The molecular weight excluding hydrogens is 316 g/mol. The van der Waals surface area contributed by atoms with E-state index in [4.69, 9.17) is 11.6 Å². The van der Waals surface area contributed by atoms with E-state index in [0.29, 0.717) is 9.50 Å². The number of nitrogens with one attached hydrogen (secondary N) is 1. The fourth-order valence-corrected chi connectivity index (χ4v) is 2.76. The highest BCUT2D eigenvalue weighted by molar-refractivity contribution is 9.10. The van der Waals surface area contributed by atoms with Gasteiger partial charge in [-0.1, -0.05) is 38.4 Å². The lowest BCUT2D eigenvalue weighted by Gasteiger charge is -2.16. The van der Waals surface area contributed by atoms with E-state index in [9.17, 15) is 4.79 Å². The van der Waals surface area contributed by atoms with Gasteiger partial charge in [-0.05, 0) is 34.1 Å². The molecule has 0 aliphatic heterocycles. The Morgan fingerprint density at radius 3 is 2.50 bits per heavy atom. The zero-order valence-corrected chi connectivity index (χ0v) is 12.8. The first-order chi connectivity index (χ1) is 8.30. The minimum absolute atomic E-state index is 0.109. The van der Waals surface area contributed by atoms with Gasteiger partial charge in [0.2, 0.25) is 0 Å². The number of nitrogens with zero attached hydrogens (tertiary/aromatic N) is 1. The second-order valence-electron chi connectivity index (χ2n) is 5.17. The third-order valence-corrected chi connectivity index (χ3v) is 3.62. The molecule has 5 heteroatoms. The van der Waals surface area contributed by atoms with Crippen molar-refractivity contribution in [2.75, 3.05) is 0 Å². The molecule has 0 fully saturated rings. The number of aromatic nitrogens is 2. The van der Waals surface area contributed by atoms with Gasteiger partial charge in [0.15, 0.2) is 0 Å². The largest absolute Gasteiger partial charge is 0.293 e. The molecule has 18 heavy (non-hydrogen) atoms. The van der Waals surface area contributed by atoms with Crippen LogP contribution in [0.4, 0.5) is 0 Å². The van der Waals surface area contributed by atoms with Crippen LogP contribution in [-0.2, 0) is 5.41 Å². The molecule has 0 atom stereocenters. The van der Waals surface area contributed by atoms with Gasteiger partial charge in [0.1, 0.15) is 4.47 Å². The second-order valence-corrected chi connectivity index (χ2v) is 6.40. The van der Waals surface area contributed by atoms with Gasteiger partial charge in [0, 0.05) is 10.4 Å². The molecule has 0 saturated heterocycles. The first-order valence-electron chi connectivity index (χ1n) is 5.57. The van der Waals surface area contributed by atoms with Crippen LogP contribution < -0.4 is 5.56 Å². The number of rotatable bonds is 1. The molecule has 2 rings (SSSR count). The number of hydrogen-bond donors (Lipinski definition) is 1. The van der Waals surface area contributed by atoms with E-state index in [1.165, 1.54) is 4.68 Å². The minimum atomic E-state index is -0.137. The van der Waals surface area contributed by atoms with Gasteiger partial charge >= 0.3 is 0 Å². The number of halogens is 2. The molecule has 1 heterocycles. The van der Waals surface area contributed by atoms with Crippen molar-refractivity contribution < 1.29 is 0 Å². The summed E-state index contributed by atoms with van der Waals surface area (Å²) in [5.74, 6) is 0. The van der Waals surface area contributed by atoms with Crippen molar-refractivity contribution in [3.05, 3.63) is 49.8 Å². The molecule has 1 aromatic heterocycles. The fourth-order valence-electron chi connectivity index (χ4n) is 1.71. The first-order valence-corrected chi connectivity index (χ1v) is 6.75. The summed E-state index contributed by atoms with van der Waals surface area (Å²) in [6.45, 7) is 6.14. The molecule has 96 valence electrons. The van der Waals surface area contributed by atoms with Gasteiger partial charge in [0.05, 0.1) is 11.4 Å². The molecule has 0 bridgehead atoms. The topological polar surface area (TPSA) is 37.8 Å². The Morgan fingerprint density at radius 2 is 2.00 bits per heavy atom. The Bertz CT molecular complexity index is 637. The van der Waals surface area contributed by atoms with E-state index < -0.39 is 0 Å². The van der Waals surface area contributed by atoms with Crippen molar-refractivity contribution in [3.63, 3.8) is 0 Å². The highest BCUT2D eigenvalue weighted by Crippen LogP contribution is 2.26. The minimum Gasteiger partial charge on any atom is -0.293 e. The van der Waals surface area contributed by atoms with Crippen LogP contribution in [0.15, 0.2) is 33.5 Å². The number of hydrogen-bond acceptors (Lipinski definition) is 1. The standard InChI is InChI=1S/C13H14BrClN2O/c1-13(2,3)11-10(14)12(18)17(16-11)9-6-4-5-8(15)7-9/h4-7,16H,1-3H3. The van der Waals surface area contributed by atoms with Crippen molar-refractivity contribution in [2.24, 2.45) is 0 Å². The maximum Gasteiger partial charge on any atom is 0.285 e. The van der Waals surface area contributed by atoms with Crippen LogP contribution >= 0.6 is 27.5 Å². The molecule has 1 aromatic carbocycles. The summed E-state index contributed by atoms with van der Waals surface area (Å²) in [6.07, 6.45) is 0. The highest BCUT2D eigenvalue weighted by Gasteiger charge is 2.23. The number of benzene rings is 1. The second kappa shape index (κ2) is 4.59. The normalized spacial score (nSPS) is 11.8. The molecule has 0 aliphatic carbocycles. The van der Waals surface area contributed by atoms with Crippen LogP contribution in [0.5, 0.6) is 0 Å². The van der Waals surface area contributed by atoms with E-state index >= 15 is 0 Å². The lowest BCUT2D eigenvalue weighted by Crippen LogP contribution is -2.14. The summed E-state index contributed by atoms with van der Waals surface area (Å²) in [7, 11) is 0. The van der Waals surface area contributed by atoms with Crippen LogP contribution in [0.1, 0.15) is 26.5 Å². The van der Waals surface area contributed by atoms with E-state index in [-0.39, 0.29) is 11.0 Å². The molecule has 0 amide bonds. The van der Waals surface area contributed by atoms with E-state index in [1.54, 1.807) is 12.1 Å². The highest BCUT2D eigenvalue weighted by atomic mass is 79.9. The van der Waals surface area contributed by atoms with Crippen LogP contribution in [0.3, 0.4) is 0 Å². The van der Waals surface area contributed by atoms with Crippen molar-refractivity contribution >= 4 is 27.5 Å². The van der Waals surface area contributed by atoms with Gasteiger partial charge < -0.3 is 0 Å². The molecule has 3 nitrogen and oxygen atoms in total. The molecule has 0 saturated carbocycles. The molecule has 0 spiro atoms. The summed E-state index contributed by atoms with van der Waals surface area (Å²) in [5, 5.41) is 3.73. The molecule has 2 aromatic rings. The summed E-state index contributed by atoms with van der Waals surface area (Å²) in [6, 6.07) is 7.18. The lowest BCUT2D eigenvalue weighted by molar-refractivity contribution is 0.557. The lowest BCUT2D eigenvalue weighted by atomic mass is 9.93. The number of aromatic amines is 1. The first kappa shape index (κ1) is 13.4. The van der Waals surface area contributed by atoms with Crippen molar-refractivity contribution in [3.8, 4) is 5.69 Å². The Hall–Kier alpha value is -1.00. The molecule has 0 unspecified atom stereocenters. The Labute approximate surface area is 119 Å². The maximum absolute atomic E-state index is 12.2. The maximum atomic E-state index is 12.2. The van der Waals surface area contributed by atoms with Crippen LogP contribution in [0.25, 0.3) is 5.69 Å². The zero-order valence-electron chi connectivity index (χ0n) is 10.4. The Morgan fingerprint density at radius 1 is 1.33 bits per heavy atom. The van der Waals surface area contributed by atoms with Gasteiger partial charge in [-0.2, -0.15) is 0 Å². The van der Waals surface area contributed by atoms with E-state index in [2.05, 4.69) is 21.0 Å². The van der Waals surface area contributed by atoms with Crippen LogP contribution in [-0.4, -0.2) is 9.78 Å². The van der Waals surface area contributed by atoms with Gasteiger partial charge in [-0.15, -0.1) is 0 Å². The third-order valence-electron chi connectivity index (χ3n) is 2.65. The predicted molar refractivity (Wildman–Crippen MR) is 77.8 cm³/mol. The monoisotopic (exact) mass is 328 g/mol. The molecule has 0 aliphatic rings. The number of H-pyrrole nitrogens is 1. The van der Waals surface area contributed by atoms with Gasteiger partial charge in [0.25, 0.3) is 5.56 Å². The third kappa shape index (κ3) is 2.40. The summed E-state index contributed by atoms with van der Waals surface area (Å²) >= 11 is 9.30. The Kier molecular flexibility index (Phi) is 3.43. The SMILES string of the molecule is CC(C)(C)c1[nH]n(-c2cccc(Cl)c2)c(=O)c1Br. The van der Waals surface area contributed by atoms with E-state index in [0.717, 1.165) is 11.4 Å². The summed E-state index contributed by atoms with van der Waals surface area (Å²) < 4.78 is 2.06. The molecular formula is C13H14BrClN2O. The predicted octanol–water partition coefficient (Wildman–Crippen LogP) is 3.88. The smallest absolute Gasteiger partial charge is 0.285 e. The fraction of sp³-hybridized carbons (Fsp3) is 0.308. The summed E-state index contributed by atoms with van der Waals surface area (Å²) in [5.41, 5.74) is 1.35.